The Morgan fingerprint density at radius 2 is 2.04 bits per heavy atom. The molecule has 3 fully saturated rings. The Balaban J connectivity index is 1.48. The van der Waals surface area contributed by atoms with Crippen LogP contribution in [0.3, 0.4) is 0 Å². The molecule has 0 aromatic heterocycles. The zero-order chi connectivity index (χ0) is 17.6. The van der Waals surface area contributed by atoms with Crippen LogP contribution in [0.5, 0.6) is 0 Å². The van der Waals surface area contributed by atoms with Crippen LogP contribution in [-0.2, 0) is 19.0 Å². The van der Waals surface area contributed by atoms with E-state index in [2.05, 4.69) is 24.8 Å². The number of fused-ring (bicyclic) bond motifs is 2. The normalized spacial score (nSPS) is 41.4. The zero-order valence-corrected chi connectivity index (χ0v) is 15.7. The minimum Gasteiger partial charge on any atom is -0.461 e. The average molecular weight is 349 g/mol. The largest absolute Gasteiger partial charge is 0.461 e. The van der Waals surface area contributed by atoms with Crippen molar-refractivity contribution in [3.8, 4) is 0 Å². The predicted molar refractivity (Wildman–Crippen MR) is 93.9 cm³/mol. The number of rotatable bonds is 4. The van der Waals surface area contributed by atoms with Crippen LogP contribution in [0.1, 0.15) is 39.5 Å². The quantitative estimate of drug-likeness (QED) is 0.577. The third kappa shape index (κ3) is 3.26. The van der Waals surface area contributed by atoms with E-state index in [-0.39, 0.29) is 35.6 Å². The molecule has 5 heteroatoms. The minimum atomic E-state index is -0.162. The number of carbonyl (C=O) groups is 1. The summed E-state index contributed by atoms with van der Waals surface area (Å²) in [6.07, 6.45) is 7.10. The molecule has 1 saturated carbocycles. The van der Waals surface area contributed by atoms with Crippen molar-refractivity contribution in [3.63, 3.8) is 0 Å². The van der Waals surface area contributed by atoms with E-state index < -0.39 is 0 Å². The molecule has 0 N–H and O–H groups in total. The Bertz CT molecular complexity index is 556. The summed E-state index contributed by atoms with van der Waals surface area (Å²) in [4.78, 5) is 14.7. The number of ether oxygens (including phenoxy) is 3. The second-order valence-corrected chi connectivity index (χ2v) is 8.73. The van der Waals surface area contributed by atoms with Crippen LogP contribution in [0.15, 0.2) is 11.6 Å². The van der Waals surface area contributed by atoms with Gasteiger partial charge < -0.3 is 19.1 Å². The first-order chi connectivity index (χ1) is 12.0. The van der Waals surface area contributed by atoms with Crippen molar-refractivity contribution in [2.75, 3.05) is 33.4 Å². The molecule has 0 bridgehead atoms. The van der Waals surface area contributed by atoms with Crippen molar-refractivity contribution in [1.82, 2.24) is 4.90 Å². The molecule has 0 amide bonds. The molecule has 140 valence electrons. The van der Waals surface area contributed by atoms with Crippen LogP contribution >= 0.6 is 0 Å². The summed E-state index contributed by atoms with van der Waals surface area (Å²) >= 11 is 0. The van der Waals surface area contributed by atoms with Crippen LogP contribution < -0.4 is 0 Å². The first-order valence-corrected chi connectivity index (χ1v) is 9.81. The lowest BCUT2D eigenvalue weighted by Gasteiger charge is -2.46. The third-order valence-electron chi connectivity index (χ3n) is 6.74. The van der Waals surface area contributed by atoms with Crippen molar-refractivity contribution in [1.29, 1.82) is 0 Å². The van der Waals surface area contributed by atoms with Crippen LogP contribution in [0.4, 0.5) is 0 Å². The van der Waals surface area contributed by atoms with Crippen LogP contribution in [0.25, 0.3) is 0 Å². The number of esters is 1. The van der Waals surface area contributed by atoms with E-state index in [0.717, 1.165) is 6.42 Å². The number of carbonyl (C=O) groups excluding carboxylic acids is 1. The second-order valence-electron chi connectivity index (χ2n) is 8.73. The monoisotopic (exact) mass is 349 g/mol. The van der Waals surface area contributed by atoms with E-state index in [0.29, 0.717) is 32.2 Å². The van der Waals surface area contributed by atoms with Gasteiger partial charge in [-0.2, -0.15) is 0 Å². The van der Waals surface area contributed by atoms with Gasteiger partial charge in [0, 0.05) is 19.0 Å². The molecule has 25 heavy (non-hydrogen) atoms. The van der Waals surface area contributed by atoms with E-state index in [9.17, 15) is 4.79 Å². The maximum Gasteiger partial charge on any atom is 0.311 e. The fourth-order valence-corrected chi connectivity index (χ4v) is 5.44. The highest BCUT2D eigenvalue weighted by atomic mass is 16.7. The summed E-state index contributed by atoms with van der Waals surface area (Å²) in [5, 5.41) is 0. The number of hydrogen-bond donors (Lipinski definition) is 0. The highest BCUT2D eigenvalue weighted by Gasteiger charge is 2.51. The molecule has 0 aromatic carbocycles. The summed E-state index contributed by atoms with van der Waals surface area (Å²) in [5.41, 5.74) is 1.80. The van der Waals surface area contributed by atoms with Crippen LogP contribution in [-0.4, -0.2) is 56.6 Å². The SMILES string of the molecule is CC1CCCC2(C)CC3OC(=O)C(CN(C)CC4OCCO4)C3C=C12. The van der Waals surface area contributed by atoms with Crippen molar-refractivity contribution in [2.24, 2.45) is 23.2 Å². The molecule has 2 aliphatic heterocycles. The number of nitrogens with zero attached hydrogens (tertiary/aromatic N) is 1. The second kappa shape index (κ2) is 6.67. The number of hydrogen-bond acceptors (Lipinski definition) is 5. The van der Waals surface area contributed by atoms with E-state index in [1.165, 1.54) is 19.3 Å². The summed E-state index contributed by atoms with van der Waals surface area (Å²) in [7, 11) is 2.04. The Hall–Kier alpha value is -0.910. The van der Waals surface area contributed by atoms with E-state index in [1.54, 1.807) is 5.57 Å². The molecule has 5 unspecified atom stereocenters. The first kappa shape index (κ1) is 17.5. The number of allylic oxidation sites excluding steroid dienone is 1. The molecular formula is C20H31NO4. The van der Waals surface area contributed by atoms with Gasteiger partial charge in [-0.1, -0.05) is 31.9 Å². The van der Waals surface area contributed by atoms with Crippen molar-refractivity contribution in [2.45, 2.75) is 51.9 Å². The van der Waals surface area contributed by atoms with Gasteiger partial charge in [0.15, 0.2) is 6.29 Å². The molecule has 5 nitrogen and oxygen atoms in total. The average Bonchev–Trinajstić information content (AvgIpc) is 3.14. The Kier molecular flexibility index (Phi) is 4.67. The molecule has 0 spiro atoms. The molecule has 0 radical (unpaired) electrons. The van der Waals surface area contributed by atoms with Gasteiger partial charge in [0.05, 0.1) is 19.1 Å². The van der Waals surface area contributed by atoms with Gasteiger partial charge in [-0.25, -0.2) is 0 Å². The molecule has 2 heterocycles. The molecule has 4 rings (SSSR count). The summed E-state index contributed by atoms with van der Waals surface area (Å²) in [6.45, 7) is 7.45. The lowest BCUT2D eigenvalue weighted by atomic mass is 9.59. The molecule has 2 aliphatic carbocycles. The molecular weight excluding hydrogens is 318 g/mol. The summed E-state index contributed by atoms with van der Waals surface area (Å²) < 4.78 is 16.9. The standard InChI is InChI=1S/C20H31NO4/c1-13-5-4-6-20(2)10-17-14(9-16(13)20)15(19(22)25-17)11-21(3)12-18-23-7-8-24-18/h9,13-15,17-18H,4-8,10-12H2,1-3H3. The van der Waals surface area contributed by atoms with Gasteiger partial charge in [0.25, 0.3) is 0 Å². The zero-order valence-electron chi connectivity index (χ0n) is 15.7. The van der Waals surface area contributed by atoms with Gasteiger partial charge in [-0.05, 0) is 37.6 Å². The van der Waals surface area contributed by atoms with Crippen molar-refractivity contribution < 1.29 is 19.0 Å². The molecule has 4 aliphatic rings. The first-order valence-electron chi connectivity index (χ1n) is 9.81. The van der Waals surface area contributed by atoms with Crippen LogP contribution in [0.2, 0.25) is 0 Å². The Morgan fingerprint density at radius 3 is 2.80 bits per heavy atom. The van der Waals surface area contributed by atoms with Gasteiger partial charge in [-0.3, -0.25) is 4.79 Å². The predicted octanol–water partition coefficient (Wildman–Crippen LogP) is 2.61. The maximum absolute atomic E-state index is 12.6. The minimum absolute atomic E-state index is 0.0261. The highest BCUT2D eigenvalue weighted by molar-refractivity contribution is 5.76. The lowest BCUT2D eigenvalue weighted by molar-refractivity contribution is -0.145. The topological polar surface area (TPSA) is 48.0 Å². The highest BCUT2D eigenvalue weighted by Crippen LogP contribution is 2.53. The van der Waals surface area contributed by atoms with Gasteiger partial charge in [-0.15, -0.1) is 0 Å². The van der Waals surface area contributed by atoms with Gasteiger partial charge in [0.1, 0.15) is 6.10 Å². The fourth-order valence-electron chi connectivity index (χ4n) is 5.44. The van der Waals surface area contributed by atoms with Gasteiger partial charge >= 0.3 is 5.97 Å². The Labute approximate surface area is 150 Å². The Morgan fingerprint density at radius 1 is 1.28 bits per heavy atom. The van der Waals surface area contributed by atoms with E-state index >= 15 is 0 Å². The molecule has 0 aromatic rings. The fraction of sp³-hybridized carbons (Fsp3) is 0.850. The summed E-state index contributed by atoms with van der Waals surface area (Å²) in [6, 6.07) is 0. The summed E-state index contributed by atoms with van der Waals surface area (Å²) in [5.74, 6) is 0.766. The third-order valence-corrected chi connectivity index (χ3v) is 6.74. The smallest absolute Gasteiger partial charge is 0.311 e. The molecule has 5 atom stereocenters. The van der Waals surface area contributed by atoms with Crippen LogP contribution in [0, 0.1) is 23.2 Å². The van der Waals surface area contributed by atoms with E-state index in [1.807, 2.05) is 7.05 Å². The molecule has 2 saturated heterocycles. The van der Waals surface area contributed by atoms with Crippen molar-refractivity contribution in [3.05, 3.63) is 11.6 Å². The lowest BCUT2D eigenvalue weighted by Crippen LogP contribution is -2.41. The maximum atomic E-state index is 12.6. The van der Waals surface area contributed by atoms with Gasteiger partial charge in [0.2, 0.25) is 0 Å². The number of likely N-dealkylation sites (N-methyl/N-ethyl adjacent to an activating group) is 1. The van der Waals surface area contributed by atoms with E-state index in [4.69, 9.17) is 14.2 Å². The van der Waals surface area contributed by atoms with Crippen molar-refractivity contribution >= 4 is 5.97 Å².